The Bertz CT molecular complexity index is 3550. The molecule has 1 fully saturated rings. The predicted octanol–water partition coefficient (Wildman–Crippen LogP) is 2.27. The van der Waals surface area contributed by atoms with Gasteiger partial charge in [-0.25, -0.2) is 18.0 Å². The number of hydrogen-bond acceptors (Lipinski definition) is 16. The molecular weight excluding hydrogens is 1050 g/mol. The summed E-state index contributed by atoms with van der Waals surface area (Å²) in [6, 6.07) is 16.5. The van der Waals surface area contributed by atoms with Gasteiger partial charge in [-0.1, -0.05) is 30.0 Å². The number of carbonyl (C=O) groups is 2. The molecule has 27 heteroatoms. The minimum Gasteiger partial charge on any atom is -0.756 e. The van der Waals surface area contributed by atoms with Crippen LogP contribution in [-0.4, -0.2) is 116 Å². The summed E-state index contributed by atoms with van der Waals surface area (Å²) in [5, 5.41) is 15.6. The molecule has 76 heavy (non-hydrogen) atoms. The lowest BCUT2D eigenvalue weighted by atomic mass is 9.86. The number of aromatic amines is 1. The number of H-pyrrole nitrogens is 1. The topological polar surface area (TPSA) is 334 Å². The molecule has 1 saturated heterocycles. The fourth-order valence-electron chi connectivity index (χ4n) is 10.2. The summed E-state index contributed by atoms with van der Waals surface area (Å²) in [6.07, 6.45) is 1.65. The Morgan fingerprint density at radius 2 is 1.82 bits per heavy atom. The number of aliphatic hydroxyl groups is 1. The van der Waals surface area contributed by atoms with Crippen LogP contribution in [0, 0.1) is 11.8 Å². The van der Waals surface area contributed by atoms with Crippen molar-refractivity contribution >= 4 is 63.5 Å². The van der Waals surface area contributed by atoms with Gasteiger partial charge in [-0.05, 0) is 68.9 Å². The van der Waals surface area contributed by atoms with Crippen molar-refractivity contribution in [1.29, 1.82) is 0 Å². The van der Waals surface area contributed by atoms with Crippen molar-refractivity contribution in [3.63, 3.8) is 0 Å². The van der Waals surface area contributed by atoms with E-state index in [9.17, 15) is 47.9 Å². The number of fused-ring (bicyclic) bond motifs is 5. The maximum Gasteiger partial charge on any atom is 0.487 e. The van der Waals surface area contributed by atoms with E-state index in [1.165, 1.54) is 32.9 Å². The number of rotatable bonds is 17. The van der Waals surface area contributed by atoms with E-state index in [-0.39, 0.29) is 60.3 Å². The van der Waals surface area contributed by atoms with Crippen LogP contribution in [0.15, 0.2) is 59.5 Å². The van der Waals surface area contributed by atoms with Gasteiger partial charge in [0, 0.05) is 91.4 Å². The van der Waals surface area contributed by atoms with Crippen LogP contribution in [-0.2, 0) is 49.2 Å². The molecule has 4 aliphatic heterocycles. The molecule has 0 spiro atoms. The fraction of sp³-hybridized carbons (Fsp3) is 0.408. The average molecular weight is 1110 g/mol. The number of nitrogen functional groups attached to an aromatic ring is 1. The van der Waals surface area contributed by atoms with Gasteiger partial charge in [-0.15, -0.1) is 0 Å². The minimum absolute atomic E-state index is 0.0137. The first-order chi connectivity index (χ1) is 36.1. The molecule has 3 aromatic carbocycles. The highest BCUT2D eigenvalue weighted by molar-refractivity contribution is 7.66. The van der Waals surface area contributed by atoms with Crippen molar-refractivity contribution in [1.82, 2.24) is 29.3 Å². The van der Waals surface area contributed by atoms with Crippen LogP contribution in [0.4, 0.5) is 11.6 Å². The van der Waals surface area contributed by atoms with Gasteiger partial charge in [0.2, 0.25) is 17.2 Å². The number of anilines is 2. The highest BCUT2D eigenvalue weighted by Crippen LogP contribution is 2.65. The van der Waals surface area contributed by atoms with Gasteiger partial charge in [0.25, 0.3) is 19.3 Å². The van der Waals surface area contributed by atoms with E-state index in [1.54, 1.807) is 11.9 Å². The third kappa shape index (κ3) is 11.9. The molecule has 404 valence electrons. The zero-order valence-corrected chi connectivity index (χ0v) is 44.4. The molecule has 0 aliphatic carbocycles. The Morgan fingerprint density at radius 1 is 1.04 bits per heavy atom. The van der Waals surface area contributed by atoms with Crippen molar-refractivity contribution in [3.05, 3.63) is 109 Å². The number of carbonyl (C=O) groups excluding carboxylic acids is 2. The number of aryl methyl sites for hydroxylation is 2. The van der Waals surface area contributed by atoms with Crippen LogP contribution in [0.25, 0.3) is 16.6 Å². The number of ether oxygens (including phenoxy) is 2. The average Bonchev–Trinajstić information content (AvgIpc) is 3.96. The number of nitrogens with two attached hydrogens (primary N) is 1. The summed E-state index contributed by atoms with van der Waals surface area (Å²) in [7, 11) is -15.6. The van der Waals surface area contributed by atoms with Crippen molar-refractivity contribution in [2.75, 3.05) is 63.6 Å². The van der Waals surface area contributed by atoms with E-state index in [4.69, 9.17) is 20.1 Å². The molecular formula is C49H57N8O16P3. The normalized spacial score (nSPS) is 20.2. The summed E-state index contributed by atoms with van der Waals surface area (Å²) in [5.74, 6) is 6.36. The van der Waals surface area contributed by atoms with E-state index in [1.807, 2.05) is 24.3 Å². The molecule has 5 aromatic rings. The van der Waals surface area contributed by atoms with Gasteiger partial charge in [0.1, 0.15) is 36.9 Å². The summed E-state index contributed by atoms with van der Waals surface area (Å²) >= 11 is 0. The molecule has 3 unspecified atom stereocenters. The van der Waals surface area contributed by atoms with Crippen LogP contribution < -0.4 is 46.3 Å². The number of aromatic nitrogens is 3. The molecule has 8 N–H and O–H groups in total. The van der Waals surface area contributed by atoms with Crippen molar-refractivity contribution in [2.45, 2.75) is 77.2 Å². The molecule has 2 aromatic heterocycles. The van der Waals surface area contributed by atoms with Crippen molar-refractivity contribution < 1.29 is 70.6 Å². The maximum atomic E-state index is 14.5. The van der Waals surface area contributed by atoms with Gasteiger partial charge < -0.3 is 59.6 Å². The number of nitrogens with one attached hydrogen (secondary N) is 2. The Balaban J connectivity index is 0.862. The molecule has 2 amide bonds. The second kappa shape index (κ2) is 22.1. The maximum absolute atomic E-state index is 14.5. The Hall–Kier alpha value is -6.02. The molecule has 6 atom stereocenters. The van der Waals surface area contributed by atoms with Crippen LogP contribution in [0.5, 0.6) is 11.5 Å². The number of hydrogen-bond donors (Lipinski definition) is 7. The highest BCUT2D eigenvalue weighted by atomic mass is 31.3. The second-order valence-electron chi connectivity index (χ2n) is 18.6. The van der Waals surface area contributed by atoms with Crippen molar-refractivity contribution in [2.24, 2.45) is 0 Å². The van der Waals surface area contributed by atoms with Crippen LogP contribution >= 0.6 is 23.5 Å². The third-order valence-electron chi connectivity index (χ3n) is 13.6. The number of nitrogens with zero attached hydrogens (tertiary/aromatic N) is 5. The lowest BCUT2D eigenvalue weighted by molar-refractivity contribution is -0.212. The van der Waals surface area contributed by atoms with Crippen LogP contribution in [0.3, 0.4) is 0 Å². The second-order valence-corrected chi connectivity index (χ2v) is 23.0. The Labute approximate surface area is 435 Å². The fourth-order valence-corrected chi connectivity index (χ4v) is 13.2. The number of phosphoric acid groups is 3. The lowest BCUT2D eigenvalue weighted by Gasteiger charge is -2.33. The van der Waals surface area contributed by atoms with E-state index < -0.39 is 54.1 Å². The molecule has 0 radical (unpaired) electrons. The molecule has 0 bridgehead atoms. The Morgan fingerprint density at radius 3 is 2.58 bits per heavy atom. The number of amides is 2. The van der Waals surface area contributed by atoms with Crippen LogP contribution in [0.1, 0.15) is 90.4 Å². The lowest BCUT2D eigenvalue weighted by Crippen LogP contribution is -2.39. The predicted molar refractivity (Wildman–Crippen MR) is 274 cm³/mol. The number of phosphoric ester groups is 1. The van der Waals surface area contributed by atoms with Gasteiger partial charge in [0.05, 0.1) is 36.3 Å². The van der Waals surface area contributed by atoms with Gasteiger partial charge in [-0.2, -0.15) is 9.29 Å². The first-order valence-electron chi connectivity index (χ1n) is 24.6. The highest BCUT2D eigenvalue weighted by Gasteiger charge is 2.42. The van der Waals surface area contributed by atoms with E-state index >= 15 is 0 Å². The smallest absolute Gasteiger partial charge is 0.487 e. The van der Waals surface area contributed by atoms with Gasteiger partial charge >= 0.3 is 15.6 Å². The standard InChI is InChI=1S/C49H57N8O16P3/c1-4-55-20-9-13-29-22-34-39(24-36(29)55)70-40-25-37-30(14-10-21-56(37)5-2)23-35(40)45(34)32-15-6-7-16-33(32)48(61)54(3)19-11-17-42(59)51-18-8-12-31-27-57(46-44(31)47(60)53-49(50)52-46)43-26-38(58)41(71-43)28-69-75(65,66)73-76(67,68)72-74(62,63)64/h6-7,15-16,22-25,27,38,41,43,58H,4-5,9-11,13-14,17-21,26,28H2,1-3H3,(H7-,50,51,52,53,59,60,62,63,64,65,66,67,68)/t38-,41+,43+/m0/s1. The molecule has 4 aliphatic rings. The zero-order valence-electron chi connectivity index (χ0n) is 41.7. The molecule has 24 nitrogen and oxygen atoms in total. The van der Waals surface area contributed by atoms with Crippen molar-refractivity contribution in [3.8, 4) is 23.3 Å². The third-order valence-corrected chi connectivity index (χ3v) is 17.4. The summed E-state index contributed by atoms with van der Waals surface area (Å²) in [6.45, 7) is 7.24. The number of benzene rings is 3. The SMILES string of the molecule is CCN1CCCc2cc3c(cc21)Oc1cc2c(cc1=C3c1ccccc1C(=O)N(C)CCCC(=O)NCC#Cc1cn([C@H]3C[C@H](O)[C@@H](COP(=O)(O)OP(=O)(O)OP(=O)([O-])O)O3)c3nc(N)[nH]c(=O)c13)CCC[N+]=2CC. The summed E-state index contributed by atoms with van der Waals surface area (Å²) in [4.78, 5) is 90.0. The van der Waals surface area contributed by atoms with E-state index in [2.05, 4.69) is 87.9 Å². The monoisotopic (exact) mass is 1110 g/mol. The van der Waals surface area contributed by atoms with E-state index in [0.29, 0.717) is 12.0 Å². The van der Waals surface area contributed by atoms with Gasteiger partial charge in [-0.3, -0.25) is 28.5 Å². The minimum atomic E-state index is -5.87. The molecule has 0 saturated carbocycles. The summed E-state index contributed by atoms with van der Waals surface area (Å²) < 4.78 is 63.0. The Kier molecular flexibility index (Phi) is 16.0. The molecule has 6 heterocycles. The first-order valence-corrected chi connectivity index (χ1v) is 29.1. The number of aliphatic hydroxyl groups excluding tert-OH is 1. The largest absolute Gasteiger partial charge is 0.756 e. The van der Waals surface area contributed by atoms with Gasteiger partial charge in [0.15, 0.2) is 5.65 Å². The van der Waals surface area contributed by atoms with E-state index in [0.717, 1.165) is 85.3 Å². The summed E-state index contributed by atoms with van der Waals surface area (Å²) in [5.41, 5.74) is 12.2. The zero-order chi connectivity index (χ0) is 54.3. The molecule has 9 rings (SSSR count). The quantitative estimate of drug-likeness (QED) is 0.0391. The first kappa shape index (κ1) is 54.8. The van der Waals surface area contributed by atoms with Crippen LogP contribution in [0.2, 0.25) is 0 Å².